The summed E-state index contributed by atoms with van der Waals surface area (Å²) in [7, 11) is 0. The summed E-state index contributed by atoms with van der Waals surface area (Å²) in [5.74, 6) is 0.240. The van der Waals surface area contributed by atoms with Crippen LogP contribution in [0.5, 0.6) is 0 Å². The van der Waals surface area contributed by atoms with E-state index in [9.17, 15) is 4.79 Å². The minimum atomic E-state index is 0.0875. The van der Waals surface area contributed by atoms with E-state index in [1.807, 2.05) is 0 Å². The molecule has 0 spiro atoms. The van der Waals surface area contributed by atoms with Crippen molar-refractivity contribution in [2.75, 3.05) is 19.6 Å². The van der Waals surface area contributed by atoms with E-state index in [1.54, 1.807) is 0 Å². The van der Waals surface area contributed by atoms with Crippen molar-refractivity contribution in [2.24, 2.45) is 0 Å². The minimum absolute atomic E-state index is 0.0875. The normalized spacial score (nSPS) is 22.7. The Balaban J connectivity index is 1.62. The Kier molecular flexibility index (Phi) is 5.37. The summed E-state index contributed by atoms with van der Waals surface area (Å²) < 4.78 is 0. The summed E-state index contributed by atoms with van der Waals surface area (Å²) in [5.41, 5.74) is 1.56. The van der Waals surface area contributed by atoms with Crippen LogP contribution in [0.2, 0.25) is 0 Å². The molecule has 2 aliphatic rings. The summed E-state index contributed by atoms with van der Waals surface area (Å²) in [5, 5.41) is 3.30. The monoisotopic (exact) mass is 315 g/mol. The van der Waals surface area contributed by atoms with E-state index in [0.29, 0.717) is 0 Å². The predicted molar refractivity (Wildman–Crippen MR) is 93.6 cm³/mol. The maximum absolute atomic E-state index is 12.6. The van der Waals surface area contributed by atoms with Crippen LogP contribution in [0.4, 0.5) is 0 Å². The first kappa shape index (κ1) is 16.5. The molecule has 3 heteroatoms. The van der Waals surface area contributed by atoms with Crippen LogP contribution in [-0.2, 0) is 10.2 Å². The standard InChI is InChI=1S/C20H30N2O/c1-17(22-14-8-3-9-15-22)19(23)21-16-20(12-6-7-13-20)18-10-4-2-5-11-18/h2,4-5,10-11,17H,3,6-9,12-16H2,1H3,(H,21,23)/p+1/t17-/m0/s1. The summed E-state index contributed by atoms with van der Waals surface area (Å²) in [6.07, 6.45) is 8.80. The molecule has 2 N–H and O–H groups in total. The molecule has 2 fully saturated rings. The van der Waals surface area contributed by atoms with Gasteiger partial charge in [0.05, 0.1) is 13.1 Å². The van der Waals surface area contributed by atoms with E-state index in [-0.39, 0.29) is 17.4 Å². The van der Waals surface area contributed by atoms with Gasteiger partial charge in [0.2, 0.25) is 0 Å². The lowest BCUT2D eigenvalue weighted by Gasteiger charge is -2.32. The Morgan fingerprint density at radius 1 is 1.09 bits per heavy atom. The maximum Gasteiger partial charge on any atom is 0.278 e. The van der Waals surface area contributed by atoms with Gasteiger partial charge in [-0.15, -0.1) is 0 Å². The quantitative estimate of drug-likeness (QED) is 0.857. The number of piperidine rings is 1. The van der Waals surface area contributed by atoms with Crippen LogP contribution in [0.25, 0.3) is 0 Å². The molecule has 1 aliphatic carbocycles. The third-order valence-corrected chi connectivity index (χ3v) is 6.05. The van der Waals surface area contributed by atoms with Crippen LogP contribution in [-0.4, -0.2) is 31.6 Å². The molecule has 3 nitrogen and oxygen atoms in total. The number of nitrogens with one attached hydrogen (secondary N) is 2. The van der Waals surface area contributed by atoms with Crippen LogP contribution >= 0.6 is 0 Å². The zero-order valence-corrected chi connectivity index (χ0v) is 14.4. The highest BCUT2D eigenvalue weighted by Gasteiger charge is 2.37. The van der Waals surface area contributed by atoms with Crippen LogP contribution < -0.4 is 10.2 Å². The number of carbonyl (C=O) groups excluding carboxylic acids is 1. The van der Waals surface area contributed by atoms with Gasteiger partial charge in [0.25, 0.3) is 5.91 Å². The summed E-state index contributed by atoms with van der Waals surface area (Å²) in [6, 6.07) is 10.9. The molecule has 1 aliphatic heterocycles. The second-order valence-corrected chi connectivity index (χ2v) is 7.51. The van der Waals surface area contributed by atoms with Crippen molar-refractivity contribution in [2.45, 2.75) is 63.3 Å². The summed E-state index contributed by atoms with van der Waals surface area (Å²) >= 11 is 0. The van der Waals surface area contributed by atoms with Crippen molar-refractivity contribution in [1.82, 2.24) is 5.32 Å². The Labute approximate surface area is 140 Å². The minimum Gasteiger partial charge on any atom is -0.350 e. The zero-order chi connectivity index (χ0) is 16.1. The Hall–Kier alpha value is -1.35. The Bertz CT molecular complexity index is 502. The van der Waals surface area contributed by atoms with Crippen LogP contribution in [0.1, 0.15) is 57.4 Å². The smallest absolute Gasteiger partial charge is 0.278 e. The largest absolute Gasteiger partial charge is 0.350 e. The highest BCUT2D eigenvalue weighted by atomic mass is 16.2. The van der Waals surface area contributed by atoms with Crippen molar-refractivity contribution in [3.8, 4) is 0 Å². The summed E-state index contributed by atoms with van der Waals surface area (Å²) in [6.45, 7) is 5.20. The van der Waals surface area contributed by atoms with Gasteiger partial charge in [-0.05, 0) is 44.6 Å². The lowest BCUT2D eigenvalue weighted by Crippen LogP contribution is -3.17. The fourth-order valence-electron chi connectivity index (χ4n) is 4.44. The van der Waals surface area contributed by atoms with Crippen molar-refractivity contribution in [1.29, 1.82) is 0 Å². The summed E-state index contributed by atoms with van der Waals surface area (Å²) in [4.78, 5) is 14.1. The molecular formula is C20H31N2O+. The predicted octanol–water partition coefficient (Wildman–Crippen LogP) is 2.07. The zero-order valence-electron chi connectivity index (χ0n) is 14.4. The Morgan fingerprint density at radius 3 is 2.39 bits per heavy atom. The number of likely N-dealkylation sites (tertiary alicyclic amines) is 1. The van der Waals surface area contributed by atoms with Crippen molar-refractivity contribution >= 4 is 5.91 Å². The molecule has 1 amide bonds. The van der Waals surface area contributed by atoms with Crippen LogP contribution in [0.3, 0.4) is 0 Å². The molecule has 1 heterocycles. The molecule has 0 unspecified atom stereocenters. The molecule has 3 rings (SSSR count). The van der Waals surface area contributed by atoms with E-state index in [0.717, 1.165) is 19.6 Å². The lowest BCUT2D eigenvalue weighted by molar-refractivity contribution is -0.918. The van der Waals surface area contributed by atoms with Crippen molar-refractivity contribution < 1.29 is 9.69 Å². The lowest BCUT2D eigenvalue weighted by atomic mass is 9.79. The average molecular weight is 315 g/mol. The molecular weight excluding hydrogens is 284 g/mol. The molecule has 0 radical (unpaired) electrons. The van der Waals surface area contributed by atoms with Crippen molar-refractivity contribution in [3.63, 3.8) is 0 Å². The molecule has 1 aromatic rings. The van der Waals surface area contributed by atoms with Crippen molar-refractivity contribution in [3.05, 3.63) is 35.9 Å². The van der Waals surface area contributed by atoms with Gasteiger partial charge in [-0.25, -0.2) is 0 Å². The third kappa shape index (κ3) is 3.77. The second-order valence-electron chi connectivity index (χ2n) is 7.51. The number of rotatable bonds is 5. The molecule has 23 heavy (non-hydrogen) atoms. The highest BCUT2D eigenvalue weighted by molar-refractivity contribution is 5.80. The molecule has 1 aromatic carbocycles. The highest BCUT2D eigenvalue weighted by Crippen LogP contribution is 2.40. The number of hydrogen-bond acceptors (Lipinski definition) is 1. The van der Waals surface area contributed by atoms with Gasteiger partial charge >= 0.3 is 0 Å². The first-order chi connectivity index (χ1) is 11.2. The van der Waals surface area contributed by atoms with E-state index in [1.165, 1.54) is 55.4 Å². The van der Waals surface area contributed by atoms with Crippen LogP contribution in [0, 0.1) is 0 Å². The van der Waals surface area contributed by atoms with E-state index >= 15 is 0 Å². The molecule has 1 saturated carbocycles. The van der Waals surface area contributed by atoms with Gasteiger partial charge in [0, 0.05) is 12.0 Å². The van der Waals surface area contributed by atoms with Crippen LogP contribution in [0.15, 0.2) is 30.3 Å². The first-order valence-corrected chi connectivity index (χ1v) is 9.39. The fourth-order valence-corrected chi connectivity index (χ4v) is 4.44. The third-order valence-electron chi connectivity index (χ3n) is 6.05. The number of amides is 1. The van der Waals surface area contributed by atoms with E-state index in [2.05, 4.69) is 42.6 Å². The number of hydrogen-bond donors (Lipinski definition) is 2. The van der Waals surface area contributed by atoms with Gasteiger partial charge in [-0.1, -0.05) is 43.2 Å². The SMILES string of the molecule is C[C@@H](C(=O)NCC1(c2ccccc2)CCCC1)[NH+]1CCCCC1. The number of quaternary nitrogens is 1. The fraction of sp³-hybridized carbons (Fsp3) is 0.650. The molecule has 0 bridgehead atoms. The maximum atomic E-state index is 12.6. The molecule has 0 aromatic heterocycles. The first-order valence-electron chi connectivity index (χ1n) is 9.39. The number of carbonyl (C=O) groups is 1. The van der Waals surface area contributed by atoms with Gasteiger partial charge in [-0.2, -0.15) is 0 Å². The topological polar surface area (TPSA) is 33.5 Å². The number of benzene rings is 1. The van der Waals surface area contributed by atoms with Gasteiger partial charge < -0.3 is 10.2 Å². The van der Waals surface area contributed by atoms with Gasteiger partial charge in [0.1, 0.15) is 0 Å². The molecule has 1 saturated heterocycles. The van der Waals surface area contributed by atoms with E-state index < -0.39 is 0 Å². The van der Waals surface area contributed by atoms with Gasteiger partial charge in [-0.3, -0.25) is 4.79 Å². The second kappa shape index (κ2) is 7.48. The van der Waals surface area contributed by atoms with E-state index in [4.69, 9.17) is 0 Å². The Morgan fingerprint density at radius 2 is 1.74 bits per heavy atom. The average Bonchev–Trinajstić information content (AvgIpc) is 3.11. The van der Waals surface area contributed by atoms with Gasteiger partial charge in [0.15, 0.2) is 6.04 Å². The molecule has 1 atom stereocenters. The molecule has 126 valence electrons.